The van der Waals surface area contributed by atoms with Crippen LogP contribution in [0.4, 0.5) is 0 Å². The zero-order chi connectivity index (χ0) is 18.6. The lowest BCUT2D eigenvalue weighted by Gasteiger charge is -2.26. The van der Waals surface area contributed by atoms with Crippen LogP contribution in [0.15, 0.2) is 30.3 Å². The Morgan fingerprint density at radius 3 is 2.74 bits per heavy atom. The lowest BCUT2D eigenvalue weighted by molar-refractivity contribution is -0.135. The van der Waals surface area contributed by atoms with Crippen LogP contribution in [0.2, 0.25) is 5.02 Å². The number of benzene rings is 1. The van der Waals surface area contributed by atoms with Crippen molar-refractivity contribution < 1.29 is 9.53 Å². The number of likely N-dealkylation sites (tertiary alicyclic amines) is 1. The Balaban J connectivity index is 1.30. The Morgan fingerprint density at radius 1 is 1.19 bits per heavy atom. The van der Waals surface area contributed by atoms with E-state index in [1.54, 1.807) is 0 Å². The first kappa shape index (κ1) is 18.4. The van der Waals surface area contributed by atoms with Crippen molar-refractivity contribution in [2.45, 2.75) is 51.0 Å². The predicted octanol–water partition coefficient (Wildman–Crippen LogP) is 4.54. The molecule has 0 unspecified atom stereocenters. The molecule has 1 N–H and O–H groups in total. The topological polar surface area (TPSA) is 58.2 Å². The SMILES string of the molecule is O=C(C1CCCCC1)N1CC[C@@H](c2cc(COc3ccc(Cl)cc3)[nH]n2)C1. The molecule has 2 aromatic rings. The van der Waals surface area contributed by atoms with Gasteiger partial charge in [-0.25, -0.2) is 0 Å². The van der Waals surface area contributed by atoms with Gasteiger partial charge in [-0.15, -0.1) is 0 Å². The fourth-order valence-corrected chi connectivity index (χ4v) is 4.29. The predicted molar refractivity (Wildman–Crippen MR) is 105 cm³/mol. The highest BCUT2D eigenvalue weighted by molar-refractivity contribution is 6.30. The minimum absolute atomic E-state index is 0.250. The zero-order valence-electron chi connectivity index (χ0n) is 15.5. The fraction of sp³-hybridized carbons (Fsp3) is 0.524. The summed E-state index contributed by atoms with van der Waals surface area (Å²) < 4.78 is 5.77. The summed E-state index contributed by atoms with van der Waals surface area (Å²) >= 11 is 5.89. The van der Waals surface area contributed by atoms with Gasteiger partial charge in [0.05, 0.1) is 11.4 Å². The third-order valence-corrected chi connectivity index (χ3v) is 5.98. The van der Waals surface area contributed by atoms with Crippen LogP contribution >= 0.6 is 11.6 Å². The van der Waals surface area contributed by atoms with Crippen LogP contribution in [0.1, 0.15) is 55.8 Å². The summed E-state index contributed by atoms with van der Waals surface area (Å²) in [5, 5.41) is 8.23. The Kier molecular flexibility index (Phi) is 5.67. The third kappa shape index (κ3) is 4.46. The van der Waals surface area contributed by atoms with Crippen molar-refractivity contribution in [2.24, 2.45) is 5.92 Å². The van der Waals surface area contributed by atoms with Crippen molar-refractivity contribution in [3.63, 3.8) is 0 Å². The molecule has 1 saturated heterocycles. The summed E-state index contributed by atoms with van der Waals surface area (Å²) in [4.78, 5) is 14.8. The molecule has 4 rings (SSSR count). The summed E-state index contributed by atoms with van der Waals surface area (Å²) in [7, 11) is 0. The van der Waals surface area contributed by atoms with Crippen LogP contribution in [0, 0.1) is 5.92 Å². The summed E-state index contributed by atoms with van der Waals surface area (Å²) in [6, 6.07) is 9.39. The van der Waals surface area contributed by atoms with Crippen molar-refractivity contribution in [1.29, 1.82) is 0 Å². The van der Waals surface area contributed by atoms with E-state index in [0.717, 1.165) is 49.5 Å². The first-order chi connectivity index (χ1) is 13.2. The molecule has 5 nitrogen and oxygen atoms in total. The van der Waals surface area contributed by atoms with E-state index in [1.165, 1.54) is 19.3 Å². The van der Waals surface area contributed by atoms with Gasteiger partial charge in [-0.05, 0) is 49.6 Å². The van der Waals surface area contributed by atoms with Crippen LogP contribution in [0.25, 0.3) is 0 Å². The first-order valence-corrected chi connectivity index (χ1v) is 10.3. The number of halogens is 1. The molecule has 0 radical (unpaired) electrons. The standard InChI is InChI=1S/C21H26ClN3O2/c22-17-6-8-19(9-7-17)27-14-18-12-20(24-23-18)16-10-11-25(13-16)21(26)15-4-2-1-3-5-15/h6-9,12,15-16H,1-5,10-11,13-14H2,(H,23,24)/t16-/m1/s1. The van der Waals surface area contributed by atoms with Gasteiger partial charge < -0.3 is 9.64 Å². The summed E-state index contributed by atoms with van der Waals surface area (Å²) in [6.07, 6.45) is 6.79. The van der Waals surface area contributed by atoms with Gasteiger partial charge >= 0.3 is 0 Å². The number of carbonyl (C=O) groups is 1. The molecule has 1 atom stereocenters. The molecule has 1 amide bonds. The van der Waals surface area contributed by atoms with Gasteiger partial charge in [0.15, 0.2) is 0 Å². The van der Waals surface area contributed by atoms with E-state index in [4.69, 9.17) is 16.3 Å². The zero-order valence-corrected chi connectivity index (χ0v) is 16.3. The molecule has 27 heavy (non-hydrogen) atoms. The highest BCUT2D eigenvalue weighted by Crippen LogP contribution is 2.31. The normalized spacial score (nSPS) is 20.8. The van der Waals surface area contributed by atoms with E-state index in [-0.39, 0.29) is 5.92 Å². The molecule has 2 heterocycles. The van der Waals surface area contributed by atoms with Crippen LogP contribution < -0.4 is 4.74 Å². The summed E-state index contributed by atoms with van der Waals surface area (Å²) in [5.74, 6) is 1.71. The second kappa shape index (κ2) is 8.34. The molecule has 0 bridgehead atoms. The van der Waals surface area contributed by atoms with Gasteiger partial charge in [-0.1, -0.05) is 30.9 Å². The third-order valence-electron chi connectivity index (χ3n) is 5.73. The molecular weight excluding hydrogens is 362 g/mol. The van der Waals surface area contributed by atoms with E-state index in [0.29, 0.717) is 23.5 Å². The number of hydrogen-bond donors (Lipinski definition) is 1. The lowest BCUT2D eigenvalue weighted by Crippen LogP contribution is -2.35. The molecule has 1 aromatic carbocycles. The van der Waals surface area contributed by atoms with Crippen LogP contribution in [0.5, 0.6) is 5.75 Å². The fourth-order valence-electron chi connectivity index (χ4n) is 4.16. The molecule has 6 heteroatoms. The number of ether oxygens (including phenoxy) is 1. The number of H-pyrrole nitrogens is 1. The molecule has 2 fully saturated rings. The highest BCUT2D eigenvalue weighted by Gasteiger charge is 2.33. The van der Waals surface area contributed by atoms with Crippen LogP contribution in [0.3, 0.4) is 0 Å². The molecule has 144 valence electrons. The molecule has 1 aromatic heterocycles. The van der Waals surface area contributed by atoms with Gasteiger partial charge in [0.2, 0.25) is 5.91 Å². The molecule has 1 aliphatic heterocycles. The van der Waals surface area contributed by atoms with Gasteiger partial charge in [0.1, 0.15) is 12.4 Å². The number of carbonyl (C=O) groups excluding carboxylic acids is 1. The molecule has 1 saturated carbocycles. The number of aromatic nitrogens is 2. The minimum atomic E-state index is 0.250. The van der Waals surface area contributed by atoms with Crippen LogP contribution in [-0.2, 0) is 11.4 Å². The molecule has 0 spiro atoms. The number of nitrogens with zero attached hydrogens (tertiary/aromatic N) is 2. The Bertz CT molecular complexity index is 768. The molecule has 2 aliphatic rings. The molecular formula is C21H26ClN3O2. The Morgan fingerprint density at radius 2 is 1.96 bits per heavy atom. The van der Waals surface area contributed by atoms with Gasteiger partial charge in [0.25, 0.3) is 0 Å². The second-order valence-corrected chi connectivity index (χ2v) is 8.10. The largest absolute Gasteiger partial charge is 0.487 e. The second-order valence-electron chi connectivity index (χ2n) is 7.67. The lowest BCUT2D eigenvalue weighted by atomic mass is 9.88. The summed E-state index contributed by atoms with van der Waals surface area (Å²) in [5.41, 5.74) is 1.97. The number of hydrogen-bond acceptors (Lipinski definition) is 3. The minimum Gasteiger partial charge on any atom is -0.487 e. The molecule has 1 aliphatic carbocycles. The van der Waals surface area contributed by atoms with Crippen molar-refractivity contribution in [3.8, 4) is 5.75 Å². The van der Waals surface area contributed by atoms with Crippen molar-refractivity contribution >= 4 is 17.5 Å². The van der Waals surface area contributed by atoms with E-state index < -0.39 is 0 Å². The van der Waals surface area contributed by atoms with E-state index in [2.05, 4.69) is 21.2 Å². The van der Waals surface area contributed by atoms with E-state index in [9.17, 15) is 4.79 Å². The van der Waals surface area contributed by atoms with Crippen molar-refractivity contribution in [2.75, 3.05) is 13.1 Å². The van der Waals surface area contributed by atoms with Gasteiger partial charge in [-0.2, -0.15) is 5.10 Å². The maximum atomic E-state index is 12.7. The Labute approximate surface area is 165 Å². The van der Waals surface area contributed by atoms with Gasteiger partial charge in [0, 0.05) is 29.9 Å². The average Bonchev–Trinajstić information content (AvgIpc) is 3.37. The number of aromatic amines is 1. The smallest absolute Gasteiger partial charge is 0.225 e. The number of nitrogens with one attached hydrogen (secondary N) is 1. The van der Waals surface area contributed by atoms with E-state index >= 15 is 0 Å². The Hall–Kier alpha value is -2.01. The van der Waals surface area contributed by atoms with Gasteiger partial charge in [-0.3, -0.25) is 9.89 Å². The monoisotopic (exact) mass is 387 g/mol. The number of rotatable bonds is 5. The highest BCUT2D eigenvalue weighted by atomic mass is 35.5. The first-order valence-electron chi connectivity index (χ1n) is 9.90. The quantitative estimate of drug-likeness (QED) is 0.819. The van der Waals surface area contributed by atoms with E-state index in [1.807, 2.05) is 24.3 Å². The summed E-state index contributed by atoms with van der Waals surface area (Å²) in [6.45, 7) is 2.08. The maximum Gasteiger partial charge on any atom is 0.225 e. The number of amides is 1. The van der Waals surface area contributed by atoms with Crippen molar-refractivity contribution in [1.82, 2.24) is 15.1 Å². The van der Waals surface area contributed by atoms with Crippen LogP contribution in [-0.4, -0.2) is 34.1 Å². The van der Waals surface area contributed by atoms with Crippen molar-refractivity contribution in [3.05, 3.63) is 46.7 Å². The average molecular weight is 388 g/mol. The maximum absolute atomic E-state index is 12.7.